The maximum Gasteiger partial charge on any atom is 0.162 e. The van der Waals surface area contributed by atoms with Crippen molar-refractivity contribution in [3.63, 3.8) is 0 Å². The highest BCUT2D eigenvalue weighted by Crippen LogP contribution is 2.55. The minimum Gasteiger partial charge on any atom is -0.454 e. The summed E-state index contributed by atoms with van der Waals surface area (Å²) in [5, 5.41) is 4.21. The number of furan rings is 1. The molecule has 1 heterocycles. The number of hydrogen-bond donors (Lipinski definition) is 0. The Kier molecular flexibility index (Phi) is 8.47. The number of rotatable bonds is 9. The number of anilines is 9. The van der Waals surface area contributed by atoms with E-state index in [0.29, 0.717) is 0 Å². The van der Waals surface area contributed by atoms with Crippen molar-refractivity contribution < 1.29 is 4.42 Å². The Bertz CT molecular complexity index is 2780. The summed E-state index contributed by atoms with van der Waals surface area (Å²) in [7, 11) is 0. The van der Waals surface area contributed by atoms with Crippen molar-refractivity contribution in [2.45, 2.75) is 0 Å². The Balaban J connectivity index is 1.43. The van der Waals surface area contributed by atoms with Crippen LogP contribution < -0.4 is 14.7 Å². The third-order valence-electron chi connectivity index (χ3n) is 10.4. The number of benzene rings is 9. The van der Waals surface area contributed by atoms with Gasteiger partial charge in [-0.25, -0.2) is 0 Å². The van der Waals surface area contributed by atoms with Crippen LogP contribution in [0.2, 0.25) is 0 Å². The lowest BCUT2D eigenvalue weighted by Gasteiger charge is -2.31. The zero-order valence-corrected chi connectivity index (χ0v) is 30.6. The zero-order chi connectivity index (χ0) is 37.3. The molecule has 0 N–H and O–H groups in total. The van der Waals surface area contributed by atoms with Gasteiger partial charge < -0.3 is 19.1 Å². The average molecular weight is 720 g/mol. The molecule has 4 heteroatoms. The molecule has 10 rings (SSSR count). The normalized spacial score (nSPS) is 11.2. The van der Waals surface area contributed by atoms with Crippen LogP contribution in [0.3, 0.4) is 0 Å². The van der Waals surface area contributed by atoms with Crippen molar-refractivity contribution >= 4 is 83.9 Å². The Morgan fingerprint density at radius 2 is 0.607 bits per heavy atom. The van der Waals surface area contributed by atoms with Gasteiger partial charge in [-0.05, 0) is 84.9 Å². The van der Waals surface area contributed by atoms with Gasteiger partial charge in [0.05, 0.1) is 27.8 Å². The molecule has 266 valence electrons. The second-order valence-corrected chi connectivity index (χ2v) is 13.7. The Morgan fingerprint density at radius 1 is 0.268 bits per heavy atom. The fraction of sp³-hybridized carbons (Fsp3) is 0. The molecule has 9 aromatic carbocycles. The summed E-state index contributed by atoms with van der Waals surface area (Å²) in [6, 6.07) is 78.9. The van der Waals surface area contributed by atoms with E-state index < -0.39 is 0 Å². The first-order valence-corrected chi connectivity index (χ1v) is 19.0. The minimum atomic E-state index is 0.798. The van der Waals surface area contributed by atoms with Crippen LogP contribution in [0, 0.1) is 0 Å². The maximum absolute atomic E-state index is 7.35. The van der Waals surface area contributed by atoms with Crippen LogP contribution in [0.5, 0.6) is 0 Å². The van der Waals surface area contributed by atoms with E-state index in [0.717, 1.165) is 83.9 Å². The molecule has 0 radical (unpaired) electrons. The number of hydrogen-bond acceptors (Lipinski definition) is 4. The van der Waals surface area contributed by atoms with Crippen LogP contribution >= 0.6 is 0 Å². The second kappa shape index (κ2) is 14.3. The first-order valence-electron chi connectivity index (χ1n) is 19.0. The summed E-state index contributed by atoms with van der Waals surface area (Å²) in [6.07, 6.45) is 0. The molecular formula is C52H37N3O. The average Bonchev–Trinajstić information content (AvgIpc) is 3.67. The predicted octanol–water partition coefficient (Wildman–Crippen LogP) is 15.1. The molecule has 56 heavy (non-hydrogen) atoms. The fourth-order valence-corrected chi connectivity index (χ4v) is 8.02. The van der Waals surface area contributed by atoms with Crippen LogP contribution in [-0.2, 0) is 0 Å². The molecule has 0 amide bonds. The standard InChI is InChI=1S/C52H37N3O/c1-7-22-38(23-8-1)53(39-24-9-2-10-25-39)46-36-21-37-47-48(46)49-50(54(40-26-11-3-12-27-40)41-28-13-4-14-29-41)44-34-19-20-35-45(44)51(52(49)56-47)55(42-30-15-5-16-31-42)43-32-17-6-18-33-43/h1-37H. The van der Waals surface area contributed by atoms with E-state index in [9.17, 15) is 0 Å². The van der Waals surface area contributed by atoms with Crippen LogP contribution in [0.25, 0.3) is 32.7 Å². The summed E-state index contributed by atoms with van der Waals surface area (Å²) < 4.78 is 7.35. The molecule has 0 atom stereocenters. The van der Waals surface area contributed by atoms with Crippen molar-refractivity contribution in [3.05, 3.63) is 224 Å². The molecule has 0 fully saturated rings. The van der Waals surface area contributed by atoms with E-state index >= 15 is 0 Å². The van der Waals surface area contributed by atoms with Gasteiger partial charge in [0.1, 0.15) is 5.58 Å². The molecule has 0 aliphatic carbocycles. The van der Waals surface area contributed by atoms with E-state index in [4.69, 9.17) is 4.42 Å². The first kappa shape index (κ1) is 33.0. The van der Waals surface area contributed by atoms with Crippen LogP contribution in [-0.4, -0.2) is 0 Å². The lowest BCUT2D eigenvalue weighted by molar-refractivity contribution is 0.669. The SMILES string of the molecule is c1ccc(N(c2ccccc2)c2c3ccccc3c(N(c3ccccc3)c3ccccc3)c3c2oc2cccc(N(c4ccccc4)c4ccccc4)c23)cc1. The lowest BCUT2D eigenvalue weighted by atomic mass is 9.96. The molecule has 0 unspecified atom stereocenters. The first-order chi connectivity index (χ1) is 27.8. The molecule has 0 saturated heterocycles. The summed E-state index contributed by atoms with van der Waals surface area (Å²) in [6.45, 7) is 0. The molecule has 1 aromatic heterocycles. The monoisotopic (exact) mass is 719 g/mol. The van der Waals surface area contributed by atoms with Crippen LogP contribution in [0.4, 0.5) is 51.2 Å². The van der Waals surface area contributed by atoms with Gasteiger partial charge in [-0.3, -0.25) is 0 Å². The van der Waals surface area contributed by atoms with Crippen molar-refractivity contribution in [1.82, 2.24) is 0 Å². The molecule has 10 aromatic rings. The highest BCUT2D eigenvalue weighted by atomic mass is 16.3. The molecule has 0 saturated carbocycles. The topological polar surface area (TPSA) is 22.9 Å². The van der Waals surface area contributed by atoms with Crippen molar-refractivity contribution in [2.75, 3.05) is 14.7 Å². The quantitative estimate of drug-likeness (QED) is 0.139. The van der Waals surface area contributed by atoms with Crippen molar-refractivity contribution in [1.29, 1.82) is 0 Å². The van der Waals surface area contributed by atoms with Gasteiger partial charge in [0.15, 0.2) is 5.58 Å². The predicted molar refractivity (Wildman–Crippen MR) is 235 cm³/mol. The fourth-order valence-electron chi connectivity index (χ4n) is 8.02. The van der Waals surface area contributed by atoms with Gasteiger partial charge >= 0.3 is 0 Å². The molecule has 0 bridgehead atoms. The third kappa shape index (κ3) is 5.72. The van der Waals surface area contributed by atoms with Crippen molar-refractivity contribution in [2.24, 2.45) is 0 Å². The number of nitrogens with zero attached hydrogens (tertiary/aromatic N) is 3. The van der Waals surface area contributed by atoms with Gasteiger partial charge in [0, 0.05) is 44.9 Å². The van der Waals surface area contributed by atoms with Crippen LogP contribution in [0.15, 0.2) is 229 Å². The third-order valence-corrected chi connectivity index (χ3v) is 10.4. The van der Waals surface area contributed by atoms with Crippen LogP contribution in [0.1, 0.15) is 0 Å². The molecular weight excluding hydrogens is 683 g/mol. The maximum atomic E-state index is 7.35. The highest BCUT2D eigenvalue weighted by molar-refractivity contribution is 6.30. The molecule has 0 spiro atoms. The van der Waals surface area contributed by atoms with E-state index in [1.165, 1.54) is 0 Å². The Morgan fingerprint density at radius 3 is 1.02 bits per heavy atom. The molecule has 0 aliphatic heterocycles. The second-order valence-electron chi connectivity index (χ2n) is 13.7. The minimum absolute atomic E-state index is 0.798. The van der Waals surface area contributed by atoms with Gasteiger partial charge in [0.25, 0.3) is 0 Å². The van der Waals surface area contributed by atoms with Gasteiger partial charge in [-0.1, -0.05) is 140 Å². The largest absolute Gasteiger partial charge is 0.454 e. The highest BCUT2D eigenvalue weighted by Gasteiger charge is 2.31. The zero-order valence-electron chi connectivity index (χ0n) is 30.6. The number of para-hydroxylation sites is 6. The summed E-state index contributed by atoms with van der Waals surface area (Å²) in [5.74, 6) is 0. The molecule has 4 nitrogen and oxygen atoms in total. The summed E-state index contributed by atoms with van der Waals surface area (Å²) in [5.41, 5.74) is 10.9. The molecule has 0 aliphatic rings. The van der Waals surface area contributed by atoms with Gasteiger partial charge in [-0.2, -0.15) is 0 Å². The van der Waals surface area contributed by atoms with E-state index in [2.05, 4.69) is 239 Å². The number of fused-ring (bicyclic) bond motifs is 4. The Hall–Kier alpha value is -7.56. The Labute approximate surface area is 326 Å². The van der Waals surface area contributed by atoms with E-state index in [-0.39, 0.29) is 0 Å². The lowest BCUT2D eigenvalue weighted by Crippen LogP contribution is -2.14. The summed E-state index contributed by atoms with van der Waals surface area (Å²) in [4.78, 5) is 7.08. The van der Waals surface area contributed by atoms with E-state index in [1.807, 2.05) is 0 Å². The van der Waals surface area contributed by atoms with E-state index in [1.54, 1.807) is 0 Å². The van der Waals surface area contributed by atoms with Gasteiger partial charge in [-0.15, -0.1) is 0 Å². The van der Waals surface area contributed by atoms with Crippen molar-refractivity contribution in [3.8, 4) is 0 Å². The smallest absolute Gasteiger partial charge is 0.162 e. The summed E-state index contributed by atoms with van der Waals surface area (Å²) >= 11 is 0. The van der Waals surface area contributed by atoms with Gasteiger partial charge in [0.2, 0.25) is 0 Å².